The van der Waals surface area contributed by atoms with Crippen molar-refractivity contribution in [1.82, 2.24) is 4.90 Å². The molecule has 0 bridgehead atoms. The molecule has 1 saturated carbocycles. The first-order valence-corrected chi connectivity index (χ1v) is 9.26. The number of ether oxygens (including phenoxy) is 1. The number of nitrogens with zero attached hydrogens (tertiary/aromatic N) is 1. The Kier molecular flexibility index (Phi) is 7.34. The highest BCUT2D eigenvalue weighted by Gasteiger charge is 2.30. The van der Waals surface area contributed by atoms with E-state index in [9.17, 15) is 9.59 Å². The predicted octanol–water partition coefficient (Wildman–Crippen LogP) is 3.22. The number of hydrogen-bond acceptors (Lipinski definition) is 3. The molecule has 2 atom stereocenters. The van der Waals surface area contributed by atoms with E-state index in [1.165, 1.54) is 19.3 Å². The molecule has 132 valence electrons. The van der Waals surface area contributed by atoms with Gasteiger partial charge in [-0.2, -0.15) is 0 Å². The fourth-order valence-electron chi connectivity index (χ4n) is 3.79. The van der Waals surface area contributed by atoms with E-state index in [0.717, 1.165) is 32.2 Å². The minimum Gasteiger partial charge on any atom is -0.481 e. The Morgan fingerprint density at radius 3 is 2.57 bits per heavy atom. The summed E-state index contributed by atoms with van der Waals surface area (Å²) in [6.07, 6.45) is 9.33. The summed E-state index contributed by atoms with van der Waals surface area (Å²) in [5.74, 6) is -0.324. The van der Waals surface area contributed by atoms with Crippen molar-refractivity contribution in [2.75, 3.05) is 13.1 Å². The maximum atomic E-state index is 12.8. The Bertz CT molecular complexity index is 392. The molecule has 5 nitrogen and oxygen atoms in total. The van der Waals surface area contributed by atoms with Crippen LogP contribution in [-0.2, 0) is 14.3 Å². The highest BCUT2D eigenvalue weighted by molar-refractivity contribution is 5.81. The summed E-state index contributed by atoms with van der Waals surface area (Å²) in [5, 5.41) is 8.83. The molecule has 1 heterocycles. The monoisotopic (exact) mass is 325 g/mol. The lowest BCUT2D eigenvalue weighted by Crippen LogP contribution is -2.46. The number of carbonyl (C=O) groups is 2. The van der Waals surface area contributed by atoms with Crippen LogP contribution in [0.1, 0.15) is 71.1 Å². The zero-order chi connectivity index (χ0) is 16.7. The van der Waals surface area contributed by atoms with Crippen molar-refractivity contribution in [3.8, 4) is 0 Å². The Labute approximate surface area is 139 Å². The molecule has 2 rings (SSSR count). The summed E-state index contributed by atoms with van der Waals surface area (Å²) in [6, 6.07) is 0. The van der Waals surface area contributed by atoms with Crippen molar-refractivity contribution in [1.29, 1.82) is 0 Å². The number of carbonyl (C=O) groups excluding carboxylic acids is 1. The average Bonchev–Trinajstić information content (AvgIpc) is 2.58. The van der Waals surface area contributed by atoms with Crippen LogP contribution in [-0.4, -0.2) is 47.2 Å². The second-order valence-corrected chi connectivity index (χ2v) is 7.02. The van der Waals surface area contributed by atoms with E-state index >= 15 is 0 Å². The molecule has 0 aromatic rings. The van der Waals surface area contributed by atoms with Gasteiger partial charge < -0.3 is 14.7 Å². The third-order valence-corrected chi connectivity index (χ3v) is 5.15. The van der Waals surface area contributed by atoms with Crippen molar-refractivity contribution in [2.45, 2.75) is 83.3 Å². The van der Waals surface area contributed by atoms with Gasteiger partial charge in [-0.3, -0.25) is 9.59 Å². The highest BCUT2D eigenvalue weighted by atomic mass is 16.5. The van der Waals surface area contributed by atoms with E-state index in [4.69, 9.17) is 9.84 Å². The minimum atomic E-state index is -0.750. The third kappa shape index (κ3) is 5.79. The van der Waals surface area contributed by atoms with Gasteiger partial charge in [0, 0.05) is 19.5 Å². The van der Waals surface area contributed by atoms with Gasteiger partial charge in [-0.05, 0) is 44.4 Å². The van der Waals surface area contributed by atoms with Gasteiger partial charge in [0.05, 0.1) is 6.10 Å². The SMILES string of the molecule is CC[C@H](OC1CCCCC1)C(=O)N1CCC[C@H](CCC(=O)O)C1. The van der Waals surface area contributed by atoms with E-state index in [2.05, 4.69) is 0 Å². The molecule has 1 amide bonds. The fourth-order valence-corrected chi connectivity index (χ4v) is 3.79. The topological polar surface area (TPSA) is 66.8 Å². The highest BCUT2D eigenvalue weighted by Crippen LogP contribution is 2.25. The van der Waals surface area contributed by atoms with Gasteiger partial charge in [-0.1, -0.05) is 26.2 Å². The first kappa shape index (κ1) is 18.2. The maximum Gasteiger partial charge on any atom is 0.303 e. The quantitative estimate of drug-likeness (QED) is 0.780. The molecular weight excluding hydrogens is 294 g/mol. The van der Waals surface area contributed by atoms with Crippen molar-refractivity contribution in [3.63, 3.8) is 0 Å². The van der Waals surface area contributed by atoms with Crippen LogP contribution in [0.2, 0.25) is 0 Å². The molecular formula is C18H31NO4. The van der Waals surface area contributed by atoms with Gasteiger partial charge in [0.2, 0.25) is 0 Å². The summed E-state index contributed by atoms with van der Waals surface area (Å²) < 4.78 is 6.10. The van der Waals surface area contributed by atoms with Crippen LogP contribution in [0.4, 0.5) is 0 Å². The smallest absolute Gasteiger partial charge is 0.303 e. The standard InChI is InChI=1S/C18H31NO4/c1-2-16(23-15-8-4-3-5-9-15)18(22)19-12-6-7-14(13-19)10-11-17(20)21/h14-16H,2-13H2,1H3,(H,20,21)/t14-,16+/m1/s1. The van der Waals surface area contributed by atoms with Gasteiger partial charge in [0.1, 0.15) is 6.10 Å². The second-order valence-electron chi connectivity index (χ2n) is 7.02. The number of rotatable bonds is 7. The Morgan fingerprint density at radius 1 is 1.17 bits per heavy atom. The number of aliphatic carboxylic acids is 1. The average molecular weight is 325 g/mol. The second kappa shape index (κ2) is 9.26. The zero-order valence-electron chi connectivity index (χ0n) is 14.3. The van der Waals surface area contributed by atoms with Crippen LogP contribution in [0.3, 0.4) is 0 Å². The van der Waals surface area contributed by atoms with E-state index < -0.39 is 5.97 Å². The molecule has 1 aliphatic carbocycles. The van der Waals surface area contributed by atoms with Gasteiger partial charge in [0.25, 0.3) is 5.91 Å². The molecule has 2 fully saturated rings. The molecule has 1 saturated heterocycles. The summed E-state index contributed by atoms with van der Waals surface area (Å²) in [6.45, 7) is 3.49. The number of carboxylic acid groups (broad SMARTS) is 1. The Balaban J connectivity index is 1.84. The Hall–Kier alpha value is -1.10. The molecule has 1 N–H and O–H groups in total. The van der Waals surface area contributed by atoms with Crippen LogP contribution < -0.4 is 0 Å². The molecule has 2 aliphatic rings. The Morgan fingerprint density at radius 2 is 1.91 bits per heavy atom. The molecule has 0 aromatic carbocycles. The number of piperidine rings is 1. The van der Waals surface area contributed by atoms with Crippen LogP contribution in [0.15, 0.2) is 0 Å². The lowest BCUT2D eigenvalue weighted by Gasteiger charge is -2.36. The first-order chi connectivity index (χ1) is 11.1. The van der Waals surface area contributed by atoms with E-state index in [-0.39, 0.29) is 24.5 Å². The normalized spacial score (nSPS) is 24.4. The van der Waals surface area contributed by atoms with Gasteiger partial charge >= 0.3 is 5.97 Å². The zero-order valence-corrected chi connectivity index (χ0v) is 14.3. The first-order valence-electron chi connectivity index (χ1n) is 9.26. The van der Waals surface area contributed by atoms with Gasteiger partial charge in [0.15, 0.2) is 0 Å². The summed E-state index contributed by atoms with van der Waals surface area (Å²) in [5.41, 5.74) is 0. The minimum absolute atomic E-state index is 0.109. The molecule has 0 aromatic heterocycles. The summed E-state index contributed by atoms with van der Waals surface area (Å²) in [4.78, 5) is 25.4. The van der Waals surface area contributed by atoms with E-state index in [1.807, 2.05) is 11.8 Å². The third-order valence-electron chi connectivity index (χ3n) is 5.15. The number of carboxylic acids is 1. The molecule has 0 spiro atoms. The van der Waals surface area contributed by atoms with Crippen molar-refractivity contribution in [3.05, 3.63) is 0 Å². The summed E-state index contributed by atoms with van der Waals surface area (Å²) >= 11 is 0. The van der Waals surface area contributed by atoms with Crippen LogP contribution in [0.5, 0.6) is 0 Å². The van der Waals surface area contributed by atoms with Crippen molar-refractivity contribution >= 4 is 11.9 Å². The molecule has 5 heteroatoms. The largest absolute Gasteiger partial charge is 0.481 e. The van der Waals surface area contributed by atoms with Gasteiger partial charge in [-0.15, -0.1) is 0 Å². The van der Waals surface area contributed by atoms with E-state index in [1.54, 1.807) is 0 Å². The molecule has 0 radical (unpaired) electrons. The van der Waals surface area contributed by atoms with Crippen LogP contribution >= 0.6 is 0 Å². The number of likely N-dealkylation sites (tertiary alicyclic amines) is 1. The predicted molar refractivity (Wildman–Crippen MR) is 88.2 cm³/mol. The molecule has 0 unspecified atom stereocenters. The lowest BCUT2D eigenvalue weighted by molar-refractivity contribution is -0.151. The van der Waals surface area contributed by atoms with Crippen molar-refractivity contribution in [2.24, 2.45) is 5.92 Å². The van der Waals surface area contributed by atoms with Gasteiger partial charge in [-0.25, -0.2) is 0 Å². The summed E-state index contributed by atoms with van der Waals surface area (Å²) in [7, 11) is 0. The number of amides is 1. The lowest BCUT2D eigenvalue weighted by atomic mass is 9.93. The van der Waals surface area contributed by atoms with Crippen LogP contribution in [0.25, 0.3) is 0 Å². The van der Waals surface area contributed by atoms with Crippen molar-refractivity contribution < 1.29 is 19.4 Å². The van der Waals surface area contributed by atoms with E-state index in [0.29, 0.717) is 25.3 Å². The van der Waals surface area contributed by atoms with Crippen LogP contribution in [0, 0.1) is 5.92 Å². The maximum absolute atomic E-state index is 12.8. The molecule has 1 aliphatic heterocycles. The number of hydrogen-bond donors (Lipinski definition) is 1. The molecule has 23 heavy (non-hydrogen) atoms. The fraction of sp³-hybridized carbons (Fsp3) is 0.889.